The van der Waals surface area contributed by atoms with Crippen molar-refractivity contribution < 1.29 is 29.7 Å². The number of likely N-dealkylation sites (tertiary alicyclic amines) is 1. The Morgan fingerprint density at radius 1 is 1.15 bits per heavy atom. The molecule has 0 aromatic heterocycles. The van der Waals surface area contributed by atoms with Crippen molar-refractivity contribution in [3.05, 3.63) is 29.8 Å². The van der Waals surface area contributed by atoms with Crippen molar-refractivity contribution in [2.75, 3.05) is 0 Å². The summed E-state index contributed by atoms with van der Waals surface area (Å²) in [6.07, 6.45) is 0.620. The Bertz CT molecular complexity index is 858. The Morgan fingerprint density at radius 2 is 1.82 bits per heavy atom. The lowest BCUT2D eigenvalue weighted by Crippen LogP contribution is -2.57. The summed E-state index contributed by atoms with van der Waals surface area (Å²) in [5, 5.41) is 32.7. The van der Waals surface area contributed by atoms with Gasteiger partial charge in [0.2, 0.25) is 17.7 Å². The number of nitrogens with zero attached hydrogens (tertiary/aromatic N) is 1. The summed E-state index contributed by atoms with van der Waals surface area (Å²) in [6, 6.07) is 4.16. The number of aliphatic hydroxyl groups is 2. The molecule has 182 valence electrons. The second-order valence-electron chi connectivity index (χ2n) is 9.77. The highest BCUT2D eigenvalue weighted by molar-refractivity contribution is 5.93. The van der Waals surface area contributed by atoms with Crippen molar-refractivity contribution >= 4 is 17.7 Å². The van der Waals surface area contributed by atoms with E-state index in [0.717, 1.165) is 0 Å². The predicted molar refractivity (Wildman–Crippen MR) is 121 cm³/mol. The molecule has 9 nitrogen and oxygen atoms in total. The molecule has 2 aliphatic rings. The molecule has 1 aliphatic carbocycles. The van der Waals surface area contributed by atoms with Gasteiger partial charge < -0.3 is 31.3 Å². The molecule has 0 spiro atoms. The van der Waals surface area contributed by atoms with Crippen LogP contribution in [0.5, 0.6) is 5.75 Å². The molecule has 1 aromatic carbocycles. The summed E-state index contributed by atoms with van der Waals surface area (Å²) in [6.45, 7) is 3.84. The minimum Gasteiger partial charge on any atom is -0.508 e. The van der Waals surface area contributed by atoms with E-state index in [-0.39, 0.29) is 30.0 Å². The number of aromatic hydroxyl groups is 1. The number of hydrogen-bond acceptors (Lipinski definition) is 6. The Labute approximate surface area is 194 Å². The van der Waals surface area contributed by atoms with Crippen LogP contribution in [0, 0.1) is 11.8 Å². The highest BCUT2D eigenvalue weighted by Gasteiger charge is 2.49. The zero-order chi connectivity index (χ0) is 24.3. The van der Waals surface area contributed by atoms with E-state index in [0.29, 0.717) is 37.7 Å². The molecule has 3 amide bonds. The average molecular weight is 462 g/mol. The maximum absolute atomic E-state index is 13.6. The second kappa shape index (κ2) is 10.5. The molecule has 0 radical (unpaired) electrons. The number of primary amides is 1. The van der Waals surface area contributed by atoms with Gasteiger partial charge in [-0.1, -0.05) is 26.0 Å². The zero-order valence-corrected chi connectivity index (χ0v) is 19.2. The molecule has 9 heteroatoms. The van der Waals surface area contributed by atoms with Crippen molar-refractivity contribution in [3.8, 4) is 5.75 Å². The fourth-order valence-electron chi connectivity index (χ4n) is 5.09. The number of amides is 3. The topological polar surface area (TPSA) is 153 Å². The maximum atomic E-state index is 13.6. The van der Waals surface area contributed by atoms with Gasteiger partial charge in [0.05, 0.1) is 6.10 Å². The van der Waals surface area contributed by atoms with Gasteiger partial charge in [-0.25, -0.2) is 0 Å². The largest absolute Gasteiger partial charge is 0.508 e. The monoisotopic (exact) mass is 461 g/mol. The standard InChI is InChI=1S/C24H35N3O6/c1-13(2)9-18(26-23(32)21(30)10-14-3-6-16(28)7-4-14)24(33)27-19-12-17(29)8-5-15(19)11-20(27)22(25)31/h3-4,6-7,13,15,17-21,28-30H,5,8-12H2,1-2H3,(H2,25,31)(H,26,32)/t15?,17?,18?,19?,20?,21-/m0/s1. The first-order valence-corrected chi connectivity index (χ1v) is 11.6. The van der Waals surface area contributed by atoms with Crippen molar-refractivity contribution in [1.29, 1.82) is 0 Å². The number of nitrogens with two attached hydrogens (primary N) is 1. The van der Waals surface area contributed by atoms with Crippen LogP contribution >= 0.6 is 0 Å². The van der Waals surface area contributed by atoms with Gasteiger partial charge in [-0.05, 0) is 61.6 Å². The molecule has 1 aliphatic heterocycles. The number of benzene rings is 1. The molecule has 1 aromatic rings. The number of aliphatic hydroxyl groups excluding tert-OH is 2. The van der Waals surface area contributed by atoms with E-state index in [1.165, 1.54) is 17.0 Å². The summed E-state index contributed by atoms with van der Waals surface area (Å²) in [7, 11) is 0. The van der Waals surface area contributed by atoms with Gasteiger partial charge in [0.1, 0.15) is 23.9 Å². The van der Waals surface area contributed by atoms with Gasteiger partial charge in [0.15, 0.2) is 0 Å². The predicted octanol–water partition coefficient (Wildman–Crippen LogP) is 0.442. The van der Waals surface area contributed by atoms with E-state index in [1.807, 2.05) is 13.8 Å². The van der Waals surface area contributed by atoms with E-state index in [9.17, 15) is 29.7 Å². The number of phenols is 1. The maximum Gasteiger partial charge on any atom is 0.249 e. The van der Waals surface area contributed by atoms with Gasteiger partial charge in [-0.3, -0.25) is 14.4 Å². The third kappa shape index (κ3) is 6.03. The van der Waals surface area contributed by atoms with Gasteiger partial charge >= 0.3 is 0 Å². The van der Waals surface area contributed by atoms with Crippen LogP contribution in [0.2, 0.25) is 0 Å². The summed E-state index contributed by atoms with van der Waals surface area (Å²) in [5.74, 6) is -1.44. The summed E-state index contributed by atoms with van der Waals surface area (Å²) in [5.41, 5.74) is 6.28. The van der Waals surface area contributed by atoms with E-state index < -0.39 is 42.0 Å². The highest BCUT2D eigenvalue weighted by atomic mass is 16.3. The molecule has 1 heterocycles. The third-order valence-electron chi connectivity index (χ3n) is 6.72. The first kappa shape index (κ1) is 25.0. The molecular formula is C24H35N3O6. The third-order valence-corrected chi connectivity index (χ3v) is 6.72. The lowest BCUT2D eigenvalue weighted by Gasteiger charge is -2.37. The minimum absolute atomic E-state index is 0.0270. The van der Waals surface area contributed by atoms with Crippen LogP contribution in [0.4, 0.5) is 0 Å². The smallest absolute Gasteiger partial charge is 0.249 e. The Morgan fingerprint density at radius 3 is 2.42 bits per heavy atom. The number of carbonyl (C=O) groups excluding carboxylic acids is 3. The molecule has 5 unspecified atom stereocenters. The fourth-order valence-corrected chi connectivity index (χ4v) is 5.09. The van der Waals surface area contributed by atoms with Crippen molar-refractivity contribution in [1.82, 2.24) is 10.2 Å². The highest BCUT2D eigenvalue weighted by Crippen LogP contribution is 2.40. The van der Waals surface area contributed by atoms with Gasteiger partial charge in [0.25, 0.3) is 0 Å². The van der Waals surface area contributed by atoms with E-state index >= 15 is 0 Å². The number of rotatable bonds is 8. The van der Waals surface area contributed by atoms with Crippen LogP contribution in [-0.2, 0) is 20.8 Å². The van der Waals surface area contributed by atoms with Crippen LogP contribution < -0.4 is 11.1 Å². The first-order chi connectivity index (χ1) is 15.6. The molecule has 2 fully saturated rings. The molecule has 0 bridgehead atoms. The Hall–Kier alpha value is -2.65. The average Bonchev–Trinajstić information content (AvgIpc) is 3.12. The van der Waals surface area contributed by atoms with Crippen LogP contribution in [0.25, 0.3) is 0 Å². The fraction of sp³-hybridized carbons (Fsp3) is 0.625. The van der Waals surface area contributed by atoms with Crippen LogP contribution in [0.3, 0.4) is 0 Å². The molecule has 6 atom stereocenters. The summed E-state index contributed by atoms with van der Waals surface area (Å²) >= 11 is 0. The van der Waals surface area contributed by atoms with Crippen molar-refractivity contribution in [2.45, 2.75) is 82.7 Å². The SMILES string of the molecule is CC(C)CC(NC(=O)[C@@H](O)Cc1ccc(O)cc1)C(=O)N1C(C(N)=O)CC2CCC(O)CC21. The van der Waals surface area contributed by atoms with E-state index in [4.69, 9.17) is 5.73 Å². The lowest BCUT2D eigenvalue weighted by atomic mass is 9.83. The number of fused-ring (bicyclic) bond motifs is 1. The van der Waals surface area contributed by atoms with Crippen molar-refractivity contribution in [3.63, 3.8) is 0 Å². The molecule has 1 saturated carbocycles. The number of hydrogen-bond donors (Lipinski definition) is 5. The Balaban J connectivity index is 1.76. The van der Waals surface area contributed by atoms with Gasteiger partial charge in [-0.15, -0.1) is 0 Å². The Kier molecular flexibility index (Phi) is 7.97. The van der Waals surface area contributed by atoms with Crippen LogP contribution in [0.15, 0.2) is 24.3 Å². The summed E-state index contributed by atoms with van der Waals surface area (Å²) in [4.78, 5) is 40.0. The molecule has 3 rings (SSSR count). The normalized spacial score (nSPS) is 26.5. The van der Waals surface area contributed by atoms with Crippen LogP contribution in [-0.4, -0.2) is 68.3 Å². The number of nitrogens with one attached hydrogen (secondary N) is 1. The lowest BCUT2D eigenvalue weighted by molar-refractivity contribution is -0.145. The van der Waals surface area contributed by atoms with E-state index in [1.54, 1.807) is 12.1 Å². The molecule has 33 heavy (non-hydrogen) atoms. The minimum atomic E-state index is -1.38. The molecular weight excluding hydrogens is 426 g/mol. The number of phenolic OH excluding ortho intramolecular Hbond substituents is 1. The summed E-state index contributed by atoms with van der Waals surface area (Å²) < 4.78 is 0. The molecule has 6 N–H and O–H groups in total. The first-order valence-electron chi connectivity index (χ1n) is 11.6. The number of carbonyl (C=O) groups is 3. The van der Waals surface area contributed by atoms with Crippen LogP contribution in [0.1, 0.15) is 51.5 Å². The molecule has 1 saturated heterocycles. The van der Waals surface area contributed by atoms with E-state index in [2.05, 4.69) is 5.32 Å². The zero-order valence-electron chi connectivity index (χ0n) is 19.2. The van der Waals surface area contributed by atoms with Gasteiger partial charge in [0, 0.05) is 12.5 Å². The van der Waals surface area contributed by atoms with Crippen molar-refractivity contribution in [2.24, 2.45) is 17.6 Å². The quantitative estimate of drug-likeness (QED) is 0.379. The van der Waals surface area contributed by atoms with Gasteiger partial charge in [-0.2, -0.15) is 0 Å². The second-order valence-corrected chi connectivity index (χ2v) is 9.77.